The molecule has 1 saturated heterocycles. The summed E-state index contributed by atoms with van der Waals surface area (Å²) < 4.78 is 25.1. The number of carbonyl (C=O) groups is 2. The van der Waals surface area contributed by atoms with Crippen LogP contribution in [0.4, 0.5) is 0 Å². The van der Waals surface area contributed by atoms with Crippen LogP contribution in [-0.4, -0.2) is 77.3 Å². The average Bonchev–Trinajstić information content (AvgIpc) is 3.75. The minimum absolute atomic E-state index is 0.105. The fraction of sp³-hybridized carbons (Fsp3) is 0.417. The Balaban J connectivity index is 1.29. The van der Waals surface area contributed by atoms with Crippen LogP contribution in [0.3, 0.4) is 0 Å². The van der Waals surface area contributed by atoms with Crippen LogP contribution in [0.5, 0.6) is 5.75 Å². The normalized spacial score (nSPS) is 19.9. The van der Waals surface area contributed by atoms with Crippen molar-refractivity contribution >= 4 is 21.7 Å². The van der Waals surface area contributed by atoms with Crippen molar-refractivity contribution in [1.82, 2.24) is 9.80 Å². The molecule has 2 aliphatic carbocycles. The minimum Gasteiger partial charge on any atom is -0.507 e. The second-order valence-corrected chi connectivity index (χ2v) is 11.3. The molecule has 9 heteroatoms. The van der Waals surface area contributed by atoms with Gasteiger partial charge >= 0.3 is 0 Å². The number of hydrogen-bond donors (Lipinski definition) is 2. The van der Waals surface area contributed by atoms with Crippen LogP contribution in [0.25, 0.3) is 11.1 Å². The molecule has 2 aromatic carbocycles. The Morgan fingerprint density at radius 3 is 2.21 bits per heavy atom. The molecule has 2 saturated carbocycles. The monoisotopic (exact) mass is 470 g/mol. The number of phenols is 1. The Hall–Kier alpha value is -2.91. The number of piperazine rings is 1. The third-order valence-electron chi connectivity index (χ3n) is 6.66. The van der Waals surface area contributed by atoms with Crippen LogP contribution in [0.1, 0.15) is 36.0 Å². The Bertz CT molecular complexity index is 1230. The molecule has 0 bridgehead atoms. The molecule has 5 rings (SSSR count). The molecule has 33 heavy (non-hydrogen) atoms. The molecular formula is C24H26N2O6S. The van der Waals surface area contributed by atoms with Gasteiger partial charge in [0.1, 0.15) is 11.4 Å². The lowest BCUT2D eigenvalue weighted by molar-refractivity contribution is -0.143. The number of amides is 2. The number of hydrogen-bond acceptors (Lipinski definition) is 6. The first-order valence-corrected chi connectivity index (χ1v) is 12.7. The summed E-state index contributed by atoms with van der Waals surface area (Å²) in [6, 6.07) is 11.1. The van der Waals surface area contributed by atoms with Crippen LogP contribution in [0.15, 0.2) is 47.4 Å². The quantitative estimate of drug-likeness (QED) is 0.689. The molecule has 0 radical (unpaired) electrons. The molecular weight excluding hydrogens is 444 g/mol. The summed E-state index contributed by atoms with van der Waals surface area (Å²) in [6.07, 6.45) is 2.34. The molecule has 174 valence electrons. The van der Waals surface area contributed by atoms with E-state index in [-0.39, 0.29) is 27.7 Å². The molecule has 1 aliphatic heterocycles. The van der Waals surface area contributed by atoms with E-state index < -0.39 is 15.4 Å². The van der Waals surface area contributed by atoms with Gasteiger partial charge in [0.2, 0.25) is 0 Å². The highest BCUT2D eigenvalue weighted by molar-refractivity contribution is 7.92. The molecule has 2 aromatic rings. The van der Waals surface area contributed by atoms with E-state index in [1.807, 2.05) is 0 Å². The van der Waals surface area contributed by atoms with E-state index in [0.717, 1.165) is 0 Å². The molecule has 0 spiro atoms. The zero-order valence-corrected chi connectivity index (χ0v) is 18.9. The number of phenolic OH excluding ortho intramolecular Hbond substituents is 1. The lowest BCUT2D eigenvalue weighted by Gasteiger charge is -2.35. The first-order valence-electron chi connectivity index (χ1n) is 11.2. The molecule has 2 amide bonds. The summed E-state index contributed by atoms with van der Waals surface area (Å²) in [7, 11) is -3.35. The van der Waals surface area contributed by atoms with Gasteiger partial charge in [0.15, 0.2) is 9.84 Å². The second kappa shape index (κ2) is 7.85. The van der Waals surface area contributed by atoms with E-state index in [1.165, 1.54) is 6.07 Å². The van der Waals surface area contributed by atoms with Crippen molar-refractivity contribution in [1.29, 1.82) is 0 Å². The molecule has 3 fully saturated rings. The van der Waals surface area contributed by atoms with E-state index >= 15 is 0 Å². The Morgan fingerprint density at radius 2 is 1.61 bits per heavy atom. The summed E-state index contributed by atoms with van der Waals surface area (Å²) in [4.78, 5) is 28.7. The molecule has 3 aliphatic rings. The topological polar surface area (TPSA) is 115 Å². The van der Waals surface area contributed by atoms with Gasteiger partial charge in [-0.15, -0.1) is 0 Å². The number of benzene rings is 2. The van der Waals surface area contributed by atoms with E-state index in [2.05, 4.69) is 0 Å². The van der Waals surface area contributed by atoms with Crippen LogP contribution in [0.2, 0.25) is 0 Å². The fourth-order valence-corrected chi connectivity index (χ4v) is 5.94. The van der Waals surface area contributed by atoms with Gasteiger partial charge in [0, 0.05) is 37.3 Å². The third kappa shape index (κ3) is 4.11. The number of carbonyl (C=O) groups excluding carboxylic acids is 2. The van der Waals surface area contributed by atoms with Gasteiger partial charge in [-0.3, -0.25) is 9.59 Å². The highest BCUT2D eigenvalue weighted by atomic mass is 32.2. The third-order valence-corrected chi connectivity index (χ3v) is 8.92. The van der Waals surface area contributed by atoms with Gasteiger partial charge in [-0.25, -0.2) is 8.42 Å². The highest BCUT2D eigenvalue weighted by Crippen LogP contribution is 2.38. The van der Waals surface area contributed by atoms with Crippen molar-refractivity contribution in [2.24, 2.45) is 0 Å². The van der Waals surface area contributed by atoms with Crippen molar-refractivity contribution < 1.29 is 28.2 Å². The van der Waals surface area contributed by atoms with Gasteiger partial charge in [-0.05, 0) is 61.6 Å². The molecule has 0 unspecified atom stereocenters. The maximum atomic E-state index is 12.9. The van der Waals surface area contributed by atoms with Crippen LogP contribution >= 0.6 is 0 Å². The fourth-order valence-electron chi connectivity index (χ4n) is 4.24. The van der Waals surface area contributed by atoms with Crippen molar-refractivity contribution in [3.63, 3.8) is 0 Å². The molecule has 2 N–H and O–H groups in total. The van der Waals surface area contributed by atoms with E-state index in [4.69, 9.17) is 0 Å². The lowest BCUT2D eigenvalue weighted by atomic mass is 10.0. The Kier molecular flexibility index (Phi) is 5.21. The minimum atomic E-state index is -3.35. The van der Waals surface area contributed by atoms with Gasteiger partial charge < -0.3 is 20.0 Å². The van der Waals surface area contributed by atoms with Crippen molar-refractivity contribution in [2.75, 3.05) is 26.2 Å². The molecule has 0 atom stereocenters. The molecule has 8 nitrogen and oxygen atoms in total. The maximum Gasteiger partial charge on any atom is 0.254 e. The number of aromatic hydroxyl groups is 1. The van der Waals surface area contributed by atoms with Crippen molar-refractivity contribution in [3.05, 3.63) is 48.0 Å². The smallest absolute Gasteiger partial charge is 0.254 e. The largest absolute Gasteiger partial charge is 0.507 e. The number of nitrogens with zero attached hydrogens (tertiary/aromatic N) is 2. The SMILES string of the molecule is O=C(c1ccc(-c2cccc(S(=O)(=O)C3CC3)c2)c(O)c1)N1CCN(C(=O)C2(O)CC2)CC1. The van der Waals surface area contributed by atoms with Crippen molar-refractivity contribution in [3.8, 4) is 16.9 Å². The lowest BCUT2D eigenvalue weighted by Crippen LogP contribution is -2.53. The summed E-state index contributed by atoms with van der Waals surface area (Å²) >= 11 is 0. The predicted molar refractivity (Wildman–Crippen MR) is 120 cm³/mol. The number of sulfone groups is 1. The maximum absolute atomic E-state index is 12.9. The number of aliphatic hydroxyl groups is 1. The summed E-state index contributed by atoms with van der Waals surface area (Å²) in [6.45, 7) is 1.42. The summed E-state index contributed by atoms with van der Waals surface area (Å²) in [5.41, 5.74) is 0.132. The van der Waals surface area contributed by atoms with E-state index in [1.54, 1.807) is 46.2 Å². The summed E-state index contributed by atoms with van der Waals surface area (Å²) in [5, 5.41) is 20.3. The van der Waals surface area contributed by atoms with Crippen LogP contribution in [0, 0.1) is 0 Å². The first kappa shape index (κ1) is 21.9. The highest BCUT2D eigenvalue weighted by Gasteiger charge is 2.50. The Morgan fingerprint density at radius 1 is 0.939 bits per heavy atom. The van der Waals surface area contributed by atoms with Crippen molar-refractivity contribution in [2.45, 2.75) is 41.4 Å². The van der Waals surface area contributed by atoms with Gasteiger partial charge in [-0.1, -0.05) is 12.1 Å². The van der Waals surface area contributed by atoms with Gasteiger partial charge in [-0.2, -0.15) is 0 Å². The zero-order chi connectivity index (χ0) is 23.4. The predicted octanol–water partition coefficient (Wildman–Crippen LogP) is 1.80. The van der Waals surface area contributed by atoms with E-state index in [0.29, 0.717) is 68.6 Å². The van der Waals surface area contributed by atoms with Gasteiger partial charge in [0.25, 0.3) is 11.8 Å². The standard InChI is InChI=1S/C24H26N2O6S/c27-21-15-17(22(28)25-10-12-26(13-11-25)23(29)24(30)8-9-24)4-7-20(21)16-2-1-3-19(14-16)33(31,32)18-5-6-18/h1-4,7,14-15,18,27,30H,5-6,8-13H2. The average molecular weight is 471 g/mol. The zero-order valence-electron chi connectivity index (χ0n) is 18.1. The molecule has 1 heterocycles. The second-order valence-electron chi connectivity index (χ2n) is 9.12. The van der Waals surface area contributed by atoms with E-state index in [9.17, 15) is 28.2 Å². The van der Waals surface area contributed by atoms with Gasteiger partial charge in [0.05, 0.1) is 10.1 Å². The van der Waals surface area contributed by atoms with Crippen LogP contribution < -0.4 is 0 Å². The summed E-state index contributed by atoms with van der Waals surface area (Å²) in [5.74, 6) is -0.617. The van der Waals surface area contributed by atoms with Crippen LogP contribution in [-0.2, 0) is 14.6 Å². The number of rotatable bonds is 5. The Labute approximate surface area is 192 Å². The molecule has 0 aromatic heterocycles. The first-order chi connectivity index (χ1) is 15.7.